The number of hydrogen-bond acceptors (Lipinski definition) is 2. The average Bonchev–Trinajstić information content (AvgIpc) is 2.29. The lowest BCUT2D eigenvalue weighted by Crippen LogP contribution is -2.08. The van der Waals surface area contributed by atoms with Crippen LogP contribution in [0.15, 0.2) is 0 Å². The van der Waals surface area contributed by atoms with Gasteiger partial charge < -0.3 is 0 Å². The van der Waals surface area contributed by atoms with Crippen LogP contribution in [0.4, 0.5) is 13.2 Å². The standard InChI is InChI=1S/C5H2ClF3N2O/c6-4-2(1-12)3(10-11-4)5(7,8)9/h1H,(H,10,11). The van der Waals surface area contributed by atoms with Gasteiger partial charge in [-0.05, 0) is 0 Å². The molecule has 0 aromatic carbocycles. The molecule has 12 heavy (non-hydrogen) atoms. The number of rotatable bonds is 1. The summed E-state index contributed by atoms with van der Waals surface area (Å²) in [7, 11) is 0. The maximum atomic E-state index is 11.9. The van der Waals surface area contributed by atoms with Crippen LogP contribution < -0.4 is 0 Å². The molecule has 0 atom stereocenters. The lowest BCUT2D eigenvalue weighted by atomic mass is 10.3. The number of halogens is 4. The molecule has 1 N–H and O–H groups in total. The van der Waals surface area contributed by atoms with E-state index in [4.69, 9.17) is 11.6 Å². The number of hydrogen-bond donors (Lipinski definition) is 1. The van der Waals surface area contributed by atoms with Gasteiger partial charge in [0.1, 0.15) is 5.15 Å². The monoisotopic (exact) mass is 198 g/mol. The summed E-state index contributed by atoms with van der Waals surface area (Å²) in [6.07, 6.45) is -4.64. The molecule has 1 aromatic heterocycles. The smallest absolute Gasteiger partial charge is 0.298 e. The molecule has 0 saturated carbocycles. The molecular formula is C5H2ClF3N2O. The molecule has 0 amide bonds. The van der Waals surface area contributed by atoms with Gasteiger partial charge in [0.05, 0.1) is 5.56 Å². The fourth-order valence-corrected chi connectivity index (χ4v) is 0.829. The van der Waals surface area contributed by atoms with Gasteiger partial charge in [0, 0.05) is 0 Å². The summed E-state index contributed by atoms with van der Waals surface area (Å²) in [5, 5.41) is 4.30. The van der Waals surface area contributed by atoms with Gasteiger partial charge in [-0.3, -0.25) is 9.89 Å². The Bertz CT molecular complexity index is 306. The highest BCUT2D eigenvalue weighted by atomic mass is 35.5. The van der Waals surface area contributed by atoms with Gasteiger partial charge in [-0.1, -0.05) is 11.6 Å². The SMILES string of the molecule is O=Cc1c(C(F)(F)F)n[nH]c1Cl. The van der Waals surface area contributed by atoms with Gasteiger partial charge in [-0.25, -0.2) is 0 Å². The number of aromatic nitrogens is 2. The van der Waals surface area contributed by atoms with Crippen molar-refractivity contribution in [3.05, 3.63) is 16.4 Å². The Morgan fingerprint density at radius 2 is 2.08 bits per heavy atom. The maximum Gasteiger partial charge on any atom is 0.435 e. The van der Waals surface area contributed by atoms with Gasteiger partial charge in [0.25, 0.3) is 0 Å². The second-order valence-electron chi connectivity index (χ2n) is 1.92. The number of alkyl halides is 3. The van der Waals surface area contributed by atoms with E-state index in [2.05, 4.69) is 5.10 Å². The molecule has 1 aromatic rings. The zero-order valence-electron chi connectivity index (χ0n) is 5.44. The first-order valence-corrected chi connectivity index (χ1v) is 3.11. The van der Waals surface area contributed by atoms with Crippen molar-refractivity contribution < 1.29 is 18.0 Å². The summed E-state index contributed by atoms with van der Waals surface area (Å²) in [5.41, 5.74) is -1.95. The fraction of sp³-hybridized carbons (Fsp3) is 0.200. The lowest BCUT2D eigenvalue weighted by Gasteiger charge is -2.00. The van der Waals surface area contributed by atoms with Crippen molar-refractivity contribution in [3.8, 4) is 0 Å². The Labute approximate surface area is 69.5 Å². The second-order valence-corrected chi connectivity index (χ2v) is 2.29. The van der Waals surface area contributed by atoms with E-state index in [-0.39, 0.29) is 6.29 Å². The molecular weight excluding hydrogens is 197 g/mol. The maximum absolute atomic E-state index is 11.9. The predicted octanol–water partition coefficient (Wildman–Crippen LogP) is 1.89. The highest BCUT2D eigenvalue weighted by Crippen LogP contribution is 2.31. The van der Waals surface area contributed by atoms with Gasteiger partial charge in [0.15, 0.2) is 12.0 Å². The van der Waals surface area contributed by atoms with E-state index in [0.717, 1.165) is 0 Å². The minimum absolute atomic E-state index is 0.00859. The number of nitrogens with zero attached hydrogens (tertiary/aromatic N) is 1. The molecule has 1 heterocycles. The molecule has 0 fully saturated rings. The lowest BCUT2D eigenvalue weighted by molar-refractivity contribution is -0.141. The third-order valence-electron chi connectivity index (χ3n) is 1.14. The van der Waals surface area contributed by atoms with Gasteiger partial charge in [-0.15, -0.1) is 0 Å². The van der Waals surface area contributed by atoms with E-state index in [9.17, 15) is 18.0 Å². The largest absolute Gasteiger partial charge is 0.435 e. The van der Waals surface area contributed by atoms with E-state index in [0.29, 0.717) is 0 Å². The van der Waals surface area contributed by atoms with Gasteiger partial charge in [0.2, 0.25) is 0 Å². The summed E-state index contributed by atoms with van der Waals surface area (Å²) in [6.45, 7) is 0. The van der Waals surface area contributed by atoms with Crippen LogP contribution in [0.3, 0.4) is 0 Å². The third kappa shape index (κ3) is 1.42. The predicted molar refractivity (Wildman–Crippen MR) is 34.0 cm³/mol. The fourth-order valence-electron chi connectivity index (χ4n) is 0.653. The van der Waals surface area contributed by atoms with E-state index < -0.39 is 22.6 Å². The van der Waals surface area contributed by atoms with Crippen LogP contribution in [0.5, 0.6) is 0 Å². The van der Waals surface area contributed by atoms with Crippen molar-refractivity contribution in [3.63, 3.8) is 0 Å². The number of H-pyrrole nitrogens is 1. The van der Waals surface area contributed by atoms with Crippen LogP contribution in [-0.4, -0.2) is 16.5 Å². The molecule has 0 bridgehead atoms. The number of aldehydes is 1. The molecule has 7 heteroatoms. The van der Waals surface area contributed by atoms with Crippen LogP contribution in [0.1, 0.15) is 16.1 Å². The minimum Gasteiger partial charge on any atom is -0.298 e. The Morgan fingerprint density at radius 3 is 2.42 bits per heavy atom. The molecule has 0 aliphatic rings. The Morgan fingerprint density at radius 1 is 1.50 bits per heavy atom. The van der Waals surface area contributed by atoms with E-state index in [1.165, 1.54) is 0 Å². The average molecular weight is 199 g/mol. The summed E-state index contributed by atoms with van der Waals surface area (Å²) in [6, 6.07) is 0. The molecule has 0 spiro atoms. The zero-order valence-corrected chi connectivity index (χ0v) is 6.20. The van der Waals surface area contributed by atoms with Crippen LogP contribution in [-0.2, 0) is 6.18 Å². The Kier molecular flexibility index (Phi) is 2.10. The van der Waals surface area contributed by atoms with Crippen molar-refractivity contribution >= 4 is 17.9 Å². The molecule has 3 nitrogen and oxygen atoms in total. The quantitative estimate of drug-likeness (QED) is 0.701. The third-order valence-corrected chi connectivity index (χ3v) is 1.43. The molecule has 0 saturated heterocycles. The zero-order chi connectivity index (χ0) is 9.35. The van der Waals surface area contributed by atoms with Gasteiger partial charge in [-0.2, -0.15) is 18.3 Å². The normalized spacial score (nSPS) is 11.7. The van der Waals surface area contributed by atoms with E-state index in [1.54, 1.807) is 0 Å². The summed E-state index contributed by atoms with van der Waals surface area (Å²) >= 11 is 5.20. The summed E-state index contributed by atoms with van der Waals surface area (Å²) in [4.78, 5) is 10.1. The topological polar surface area (TPSA) is 45.8 Å². The van der Waals surface area contributed by atoms with E-state index >= 15 is 0 Å². The van der Waals surface area contributed by atoms with E-state index in [1.807, 2.05) is 5.10 Å². The van der Waals surface area contributed by atoms with Crippen LogP contribution in [0, 0.1) is 0 Å². The highest BCUT2D eigenvalue weighted by Gasteiger charge is 2.37. The molecule has 0 aliphatic heterocycles. The number of carbonyl (C=O) groups excluding carboxylic acids is 1. The van der Waals surface area contributed by atoms with Crippen molar-refractivity contribution in [2.45, 2.75) is 6.18 Å². The van der Waals surface area contributed by atoms with Crippen molar-refractivity contribution in [1.82, 2.24) is 10.2 Å². The molecule has 0 aliphatic carbocycles. The van der Waals surface area contributed by atoms with Crippen molar-refractivity contribution in [2.75, 3.05) is 0 Å². The van der Waals surface area contributed by atoms with Crippen molar-refractivity contribution in [1.29, 1.82) is 0 Å². The first-order valence-electron chi connectivity index (χ1n) is 2.73. The minimum atomic E-state index is -4.65. The highest BCUT2D eigenvalue weighted by molar-refractivity contribution is 6.31. The molecule has 66 valence electrons. The number of carbonyl (C=O) groups is 1. The molecule has 0 radical (unpaired) electrons. The Balaban J connectivity index is 3.25. The summed E-state index contributed by atoms with van der Waals surface area (Å²) < 4.78 is 35.8. The number of nitrogens with one attached hydrogen (secondary N) is 1. The van der Waals surface area contributed by atoms with Crippen LogP contribution in [0.25, 0.3) is 0 Å². The number of aromatic amines is 1. The molecule has 0 unspecified atom stereocenters. The molecule has 1 rings (SSSR count). The first kappa shape index (κ1) is 9.05. The Hall–Kier alpha value is -1.04. The second kappa shape index (κ2) is 2.78. The first-order chi connectivity index (χ1) is 5.46. The van der Waals surface area contributed by atoms with Crippen LogP contribution in [0.2, 0.25) is 5.15 Å². The van der Waals surface area contributed by atoms with Crippen LogP contribution >= 0.6 is 11.6 Å². The summed E-state index contributed by atoms with van der Waals surface area (Å²) in [5.74, 6) is 0. The van der Waals surface area contributed by atoms with Crippen molar-refractivity contribution in [2.24, 2.45) is 0 Å². The van der Waals surface area contributed by atoms with Gasteiger partial charge >= 0.3 is 6.18 Å².